The first-order valence-electron chi connectivity index (χ1n) is 7.87. The number of para-hydroxylation sites is 1. The van der Waals surface area contributed by atoms with Gasteiger partial charge in [0.25, 0.3) is 0 Å². The molecule has 1 fully saturated rings. The van der Waals surface area contributed by atoms with Crippen LogP contribution in [0.15, 0.2) is 40.4 Å². The summed E-state index contributed by atoms with van der Waals surface area (Å²) in [6, 6.07) is 6.86. The Morgan fingerprint density at radius 3 is 2.76 bits per heavy atom. The summed E-state index contributed by atoms with van der Waals surface area (Å²) in [6.45, 7) is 1.68. The zero-order valence-electron chi connectivity index (χ0n) is 13.3. The lowest BCUT2D eigenvalue weighted by Gasteiger charge is -2.24. The molecular weight excluding hydrogens is 351 g/mol. The van der Waals surface area contributed by atoms with Crippen molar-refractivity contribution >= 4 is 23.4 Å². The Morgan fingerprint density at radius 2 is 2.08 bits per heavy atom. The van der Waals surface area contributed by atoms with E-state index in [-0.39, 0.29) is 17.0 Å². The van der Waals surface area contributed by atoms with Crippen molar-refractivity contribution in [3.8, 4) is 0 Å². The van der Waals surface area contributed by atoms with Crippen LogP contribution < -0.4 is 16.4 Å². The van der Waals surface area contributed by atoms with E-state index in [0.717, 1.165) is 43.9 Å². The largest absolute Gasteiger partial charge is 0.420 e. The van der Waals surface area contributed by atoms with E-state index in [9.17, 15) is 13.2 Å². The normalized spacial score (nSPS) is 18.1. The van der Waals surface area contributed by atoms with Crippen molar-refractivity contribution in [3.63, 3.8) is 0 Å². The Balaban J connectivity index is 1.89. The topological polar surface area (TPSA) is 75.9 Å². The second-order valence-corrected chi connectivity index (χ2v) is 6.77. The van der Waals surface area contributed by atoms with Gasteiger partial charge in [-0.25, -0.2) is 9.97 Å². The van der Waals surface area contributed by atoms with Gasteiger partial charge in [0.2, 0.25) is 5.95 Å². The summed E-state index contributed by atoms with van der Waals surface area (Å²) in [7, 11) is 0. The highest BCUT2D eigenvalue weighted by atomic mass is 32.2. The van der Waals surface area contributed by atoms with Crippen LogP contribution in [0, 0.1) is 0 Å². The monoisotopic (exact) mass is 369 g/mol. The average molecular weight is 369 g/mol. The van der Waals surface area contributed by atoms with Gasteiger partial charge in [0.05, 0.1) is 0 Å². The van der Waals surface area contributed by atoms with Crippen LogP contribution in [0.1, 0.15) is 18.4 Å². The fourth-order valence-electron chi connectivity index (χ4n) is 2.54. The van der Waals surface area contributed by atoms with Crippen LogP contribution in [-0.4, -0.2) is 29.1 Å². The number of rotatable bonds is 4. The van der Waals surface area contributed by atoms with Gasteiger partial charge >= 0.3 is 6.18 Å². The maximum Gasteiger partial charge on any atom is 0.420 e. The smallest absolute Gasteiger partial charge is 0.398 e. The number of nitrogens with zero attached hydrogens (tertiary/aromatic N) is 2. The highest BCUT2D eigenvalue weighted by Crippen LogP contribution is 2.40. The molecule has 9 heteroatoms. The van der Waals surface area contributed by atoms with Crippen molar-refractivity contribution in [2.45, 2.75) is 35.0 Å². The molecule has 1 atom stereocenters. The summed E-state index contributed by atoms with van der Waals surface area (Å²) in [6.07, 6.45) is -1.78. The van der Waals surface area contributed by atoms with Crippen LogP contribution in [0.2, 0.25) is 0 Å². The zero-order chi connectivity index (χ0) is 17.9. The standard InChI is InChI=1S/C16H18F3N5S/c17-16(18,19)11-9-22-15(23-10-4-3-7-21-8-10)24-14(11)25-13-6-2-1-5-12(13)20/h1-2,5-6,9-10,21H,3-4,7-8,20H2,(H,22,23,24). The quantitative estimate of drug-likeness (QED) is 0.567. The molecule has 0 spiro atoms. The molecule has 0 amide bonds. The molecule has 5 nitrogen and oxygen atoms in total. The molecule has 1 saturated heterocycles. The molecule has 1 unspecified atom stereocenters. The van der Waals surface area contributed by atoms with Gasteiger partial charge in [0, 0.05) is 29.4 Å². The number of alkyl halides is 3. The van der Waals surface area contributed by atoms with E-state index in [0.29, 0.717) is 10.6 Å². The number of hydrogen-bond donors (Lipinski definition) is 3. The third-order valence-electron chi connectivity index (χ3n) is 3.81. The van der Waals surface area contributed by atoms with Gasteiger partial charge in [-0.15, -0.1) is 0 Å². The number of nitrogens with two attached hydrogens (primary N) is 1. The Kier molecular flexibility index (Phi) is 5.33. The molecule has 1 aromatic heterocycles. The molecule has 0 radical (unpaired) electrons. The van der Waals surface area contributed by atoms with Gasteiger partial charge in [0.1, 0.15) is 10.6 Å². The molecule has 2 aromatic rings. The predicted molar refractivity (Wildman–Crippen MR) is 91.5 cm³/mol. The lowest BCUT2D eigenvalue weighted by molar-refractivity contribution is -0.140. The van der Waals surface area contributed by atoms with Crippen molar-refractivity contribution in [1.29, 1.82) is 0 Å². The van der Waals surface area contributed by atoms with Gasteiger partial charge in [-0.05, 0) is 31.5 Å². The van der Waals surface area contributed by atoms with Crippen molar-refractivity contribution < 1.29 is 13.2 Å². The number of piperidine rings is 1. The van der Waals surface area contributed by atoms with Gasteiger partial charge in [-0.2, -0.15) is 13.2 Å². The van der Waals surface area contributed by atoms with Crippen molar-refractivity contribution in [3.05, 3.63) is 36.0 Å². The molecule has 0 bridgehead atoms. The maximum absolute atomic E-state index is 13.3. The molecule has 134 valence electrons. The zero-order valence-corrected chi connectivity index (χ0v) is 14.1. The molecular formula is C16H18F3N5S. The molecule has 1 aliphatic rings. The third-order valence-corrected chi connectivity index (χ3v) is 4.91. The molecule has 3 rings (SSSR count). The van der Waals surface area contributed by atoms with Crippen LogP contribution in [0.3, 0.4) is 0 Å². The predicted octanol–water partition coefficient (Wildman–Crippen LogP) is 3.39. The summed E-state index contributed by atoms with van der Waals surface area (Å²) >= 11 is 0.892. The lowest BCUT2D eigenvalue weighted by Crippen LogP contribution is -2.38. The van der Waals surface area contributed by atoms with E-state index < -0.39 is 11.7 Å². The molecule has 1 aromatic carbocycles. The highest BCUT2D eigenvalue weighted by molar-refractivity contribution is 7.99. The number of nitrogens with one attached hydrogen (secondary N) is 2. The summed E-state index contributed by atoms with van der Waals surface area (Å²) in [5, 5.41) is 6.18. The molecule has 2 heterocycles. The molecule has 0 saturated carbocycles. The Labute approximate surface area is 147 Å². The van der Waals surface area contributed by atoms with Crippen LogP contribution >= 0.6 is 11.8 Å². The molecule has 25 heavy (non-hydrogen) atoms. The fraction of sp³-hybridized carbons (Fsp3) is 0.375. The van der Waals surface area contributed by atoms with Crippen molar-refractivity contribution in [2.75, 3.05) is 24.1 Å². The van der Waals surface area contributed by atoms with Gasteiger partial charge in [-0.3, -0.25) is 0 Å². The number of hydrogen-bond acceptors (Lipinski definition) is 6. The molecule has 4 N–H and O–H groups in total. The second kappa shape index (κ2) is 7.49. The molecule has 0 aliphatic carbocycles. The van der Waals surface area contributed by atoms with E-state index in [2.05, 4.69) is 20.6 Å². The summed E-state index contributed by atoms with van der Waals surface area (Å²) < 4.78 is 39.9. The van der Waals surface area contributed by atoms with E-state index in [1.54, 1.807) is 24.3 Å². The van der Waals surface area contributed by atoms with Gasteiger partial charge in [0.15, 0.2) is 0 Å². The number of anilines is 2. The number of nitrogen functional groups attached to an aromatic ring is 1. The van der Waals surface area contributed by atoms with Crippen LogP contribution in [0.4, 0.5) is 24.8 Å². The Hall–Kier alpha value is -2.00. The third kappa shape index (κ3) is 4.55. The Bertz CT molecular complexity index is 732. The SMILES string of the molecule is Nc1ccccc1Sc1nc(NC2CCCNC2)ncc1C(F)(F)F. The minimum absolute atomic E-state index is 0.102. The van der Waals surface area contributed by atoms with Gasteiger partial charge in [-0.1, -0.05) is 23.9 Å². The van der Waals surface area contributed by atoms with Crippen molar-refractivity contribution in [2.24, 2.45) is 0 Å². The number of aromatic nitrogens is 2. The average Bonchev–Trinajstić information content (AvgIpc) is 2.57. The first kappa shape index (κ1) is 17.8. The van der Waals surface area contributed by atoms with E-state index in [1.165, 1.54) is 0 Å². The number of halogens is 3. The Morgan fingerprint density at radius 1 is 1.28 bits per heavy atom. The van der Waals surface area contributed by atoms with Crippen LogP contribution in [0.5, 0.6) is 0 Å². The highest BCUT2D eigenvalue weighted by Gasteiger charge is 2.35. The van der Waals surface area contributed by atoms with E-state index in [1.807, 2.05) is 0 Å². The molecule has 1 aliphatic heterocycles. The first-order chi connectivity index (χ1) is 11.9. The van der Waals surface area contributed by atoms with Crippen LogP contribution in [-0.2, 0) is 6.18 Å². The summed E-state index contributed by atoms with van der Waals surface area (Å²) in [4.78, 5) is 8.48. The fourth-order valence-corrected chi connectivity index (χ4v) is 3.49. The summed E-state index contributed by atoms with van der Waals surface area (Å²) in [5.41, 5.74) is 5.39. The van der Waals surface area contributed by atoms with E-state index >= 15 is 0 Å². The van der Waals surface area contributed by atoms with Crippen LogP contribution in [0.25, 0.3) is 0 Å². The minimum Gasteiger partial charge on any atom is -0.398 e. The lowest BCUT2D eigenvalue weighted by atomic mass is 10.1. The number of benzene rings is 1. The first-order valence-corrected chi connectivity index (χ1v) is 8.69. The minimum atomic E-state index is -4.53. The second-order valence-electron chi connectivity index (χ2n) is 5.74. The van der Waals surface area contributed by atoms with E-state index in [4.69, 9.17) is 5.73 Å². The van der Waals surface area contributed by atoms with Crippen molar-refractivity contribution in [1.82, 2.24) is 15.3 Å². The van der Waals surface area contributed by atoms with Gasteiger partial charge < -0.3 is 16.4 Å². The maximum atomic E-state index is 13.3. The summed E-state index contributed by atoms with van der Waals surface area (Å²) in [5.74, 6) is 0.193.